The minimum atomic E-state index is 0.627. The second-order valence-electron chi connectivity index (χ2n) is 4.41. The van der Waals surface area contributed by atoms with Gasteiger partial charge in [-0.05, 0) is 42.5 Å². The highest BCUT2D eigenvalue weighted by Gasteiger charge is 2.01. The van der Waals surface area contributed by atoms with Crippen LogP contribution in [0.1, 0.15) is 5.56 Å². The van der Waals surface area contributed by atoms with Crippen molar-refractivity contribution in [3.8, 4) is 6.07 Å². The van der Waals surface area contributed by atoms with Crippen LogP contribution in [0, 0.1) is 11.3 Å². The van der Waals surface area contributed by atoms with Crippen molar-refractivity contribution in [2.24, 2.45) is 0 Å². The van der Waals surface area contributed by atoms with Crippen molar-refractivity contribution >= 4 is 33.0 Å². The summed E-state index contributed by atoms with van der Waals surface area (Å²) >= 11 is 3.40. The largest absolute Gasteiger partial charge is 0.378 e. The van der Waals surface area contributed by atoms with E-state index >= 15 is 0 Å². The number of nitrogens with zero attached hydrogens (tertiary/aromatic N) is 2. The zero-order valence-corrected chi connectivity index (χ0v) is 12.4. The van der Waals surface area contributed by atoms with Gasteiger partial charge >= 0.3 is 0 Å². The van der Waals surface area contributed by atoms with E-state index in [-0.39, 0.29) is 0 Å². The third-order valence-electron chi connectivity index (χ3n) is 2.70. The average Bonchev–Trinajstić information content (AvgIpc) is 2.38. The van der Waals surface area contributed by atoms with Crippen LogP contribution in [0.15, 0.2) is 46.9 Å². The molecule has 0 saturated carbocycles. The summed E-state index contributed by atoms with van der Waals surface area (Å²) in [7, 11) is 4.02. The Bertz CT molecular complexity index is 612. The van der Waals surface area contributed by atoms with Crippen molar-refractivity contribution in [2.45, 2.75) is 0 Å². The van der Waals surface area contributed by atoms with Crippen molar-refractivity contribution in [2.75, 3.05) is 24.3 Å². The number of rotatable bonds is 3. The molecule has 2 aromatic carbocycles. The van der Waals surface area contributed by atoms with E-state index in [1.165, 1.54) is 0 Å². The Morgan fingerprint density at radius 1 is 1.05 bits per heavy atom. The van der Waals surface area contributed by atoms with E-state index in [0.717, 1.165) is 21.5 Å². The third-order valence-corrected chi connectivity index (χ3v) is 3.16. The van der Waals surface area contributed by atoms with Crippen LogP contribution in [0.3, 0.4) is 0 Å². The van der Waals surface area contributed by atoms with Crippen LogP contribution in [0.2, 0.25) is 0 Å². The number of benzene rings is 2. The van der Waals surface area contributed by atoms with Crippen LogP contribution in [-0.2, 0) is 0 Å². The molecular formula is C15H14BrN3. The van der Waals surface area contributed by atoms with Crippen molar-refractivity contribution in [1.82, 2.24) is 0 Å². The maximum atomic E-state index is 8.95. The van der Waals surface area contributed by atoms with Gasteiger partial charge in [0.05, 0.1) is 11.6 Å². The van der Waals surface area contributed by atoms with Crippen LogP contribution in [-0.4, -0.2) is 14.1 Å². The number of anilines is 3. The van der Waals surface area contributed by atoms with Gasteiger partial charge in [0.25, 0.3) is 0 Å². The molecule has 0 fully saturated rings. The fourth-order valence-electron chi connectivity index (χ4n) is 1.74. The molecule has 0 aliphatic heterocycles. The summed E-state index contributed by atoms with van der Waals surface area (Å²) in [5.41, 5.74) is 3.66. The number of halogens is 1. The average molecular weight is 316 g/mol. The first-order chi connectivity index (χ1) is 9.08. The predicted molar refractivity (Wildman–Crippen MR) is 82.9 cm³/mol. The van der Waals surface area contributed by atoms with Gasteiger partial charge in [-0.3, -0.25) is 0 Å². The van der Waals surface area contributed by atoms with E-state index in [9.17, 15) is 0 Å². The summed E-state index contributed by atoms with van der Waals surface area (Å²) in [6.07, 6.45) is 0. The van der Waals surface area contributed by atoms with Crippen LogP contribution in [0.25, 0.3) is 0 Å². The lowest BCUT2D eigenvalue weighted by Gasteiger charge is -2.13. The molecule has 0 aliphatic rings. The van der Waals surface area contributed by atoms with E-state index in [1.54, 1.807) is 6.07 Å². The van der Waals surface area contributed by atoms with Gasteiger partial charge < -0.3 is 10.2 Å². The van der Waals surface area contributed by atoms with Crippen molar-refractivity contribution < 1.29 is 0 Å². The molecule has 3 nitrogen and oxygen atoms in total. The summed E-state index contributed by atoms with van der Waals surface area (Å²) < 4.78 is 0.888. The molecule has 0 radical (unpaired) electrons. The van der Waals surface area contributed by atoms with Crippen LogP contribution >= 0.6 is 15.9 Å². The smallest absolute Gasteiger partial charge is 0.0992 e. The molecule has 19 heavy (non-hydrogen) atoms. The lowest BCUT2D eigenvalue weighted by Crippen LogP contribution is -2.08. The molecule has 0 unspecified atom stereocenters. The Balaban J connectivity index is 2.21. The van der Waals surface area contributed by atoms with Crippen LogP contribution < -0.4 is 10.2 Å². The second-order valence-corrected chi connectivity index (χ2v) is 5.32. The van der Waals surface area contributed by atoms with Gasteiger partial charge in [-0.2, -0.15) is 5.26 Å². The number of nitrogens with one attached hydrogen (secondary N) is 1. The molecule has 1 N–H and O–H groups in total. The van der Waals surface area contributed by atoms with Crippen molar-refractivity contribution in [1.29, 1.82) is 5.26 Å². The van der Waals surface area contributed by atoms with Crippen molar-refractivity contribution in [3.05, 3.63) is 52.5 Å². The summed E-state index contributed by atoms with van der Waals surface area (Å²) in [5.74, 6) is 0. The Morgan fingerprint density at radius 2 is 1.74 bits per heavy atom. The van der Waals surface area contributed by atoms with E-state index in [4.69, 9.17) is 5.26 Å². The summed E-state index contributed by atoms with van der Waals surface area (Å²) in [6.45, 7) is 0. The van der Waals surface area contributed by atoms with Crippen LogP contribution in [0.5, 0.6) is 0 Å². The van der Waals surface area contributed by atoms with E-state index < -0.39 is 0 Å². The van der Waals surface area contributed by atoms with E-state index in [1.807, 2.05) is 50.5 Å². The molecule has 0 heterocycles. The molecule has 0 aliphatic carbocycles. The maximum Gasteiger partial charge on any atom is 0.0992 e. The molecule has 0 saturated heterocycles. The van der Waals surface area contributed by atoms with Crippen molar-refractivity contribution in [3.63, 3.8) is 0 Å². The van der Waals surface area contributed by atoms with Gasteiger partial charge in [0, 0.05) is 35.6 Å². The van der Waals surface area contributed by atoms with Gasteiger partial charge in [-0.15, -0.1) is 0 Å². The molecule has 0 atom stereocenters. The maximum absolute atomic E-state index is 8.95. The number of nitriles is 1. The van der Waals surface area contributed by atoms with Gasteiger partial charge in [0.15, 0.2) is 0 Å². The Kier molecular flexibility index (Phi) is 4.08. The minimum Gasteiger partial charge on any atom is -0.378 e. The monoisotopic (exact) mass is 315 g/mol. The second kappa shape index (κ2) is 5.77. The highest BCUT2D eigenvalue weighted by molar-refractivity contribution is 9.10. The molecule has 0 bridgehead atoms. The lowest BCUT2D eigenvalue weighted by atomic mass is 10.2. The molecule has 0 amide bonds. The minimum absolute atomic E-state index is 0.627. The van der Waals surface area contributed by atoms with E-state index in [0.29, 0.717) is 5.56 Å². The first-order valence-corrected chi connectivity index (χ1v) is 6.63. The summed E-state index contributed by atoms with van der Waals surface area (Å²) in [5, 5.41) is 12.2. The highest BCUT2D eigenvalue weighted by Crippen LogP contribution is 2.24. The van der Waals surface area contributed by atoms with Gasteiger partial charge in [0.1, 0.15) is 0 Å². The fourth-order valence-corrected chi connectivity index (χ4v) is 2.23. The lowest BCUT2D eigenvalue weighted by molar-refractivity contribution is 1.13. The molecule has 2 rings (SSSR count). The standard InChI is InChI=1S/C15H14BrN3/c1-19(2)15-5-3-13(4-6-15)18-14-8-11(10-17)7-12(16)9-14/h3-9,18H,1-2H3. The van der Waals surface area contributed by atoms with E-state index in [2.05, 4.69) is 32.2 Å². The zero-order chi connectivity index (χ0) is 13.8. The predicted octanol–water partition coefficient (Wildman–Crippen LogP) is 4.13. The molecule has 2 aromatic rings. The normalized spacial score (nSPS) is 9.79. The quantitative estimate of drug-likeness (QED) is 0.925. The first kappa shape index (κ1) is 13.4. The van der Waals surface area contributed by atoms with Gasteiger partial charge in [-0.25, -0.2) is 0 Å². The molecule has 96 valence electrons. The Hall–Kier alpha value is -1.99. The van der Waals surface area contributed by atoms with Gasteiger partial charge in [-0.1, -0.05) is 15.9 Å². The molecular weight excluding hydrogens is 302 g/mol. The van der Waals surface area contributed by atoms with Crippen LogP contribution in [0.4, 0.5) is 17.1 Å². The highest BCUT2D eigenvalue weighted by atomic mass is 79.9. The fraction of sp³-hybridized carbons (Fsp3) is 0.133. The van der Waals surface area contributed by atoms with Gasteiger partial charge in [0.2, 0.25) is 0 Å². The SMILES string of the molecule is CN(C)c1ccc(Nc2cc(Br)cc(C#N)c2)cc1. The number of hydrogen-bond donors (Lipinski definition) is 1. The summed E-state index contributed by atoms with van der Waals surface area (Å²) in [6, 6.07) is 15.8. The Labute approximate surface area is 121 Å². The molecule has 0 spiro atoms. The Morgan fingerprint density at radius 3 is 2.32 bits per heavy atom. The molecule has 0 aromatic heterocycles. The summed E-state index contributed by atoms with van der Waals surface area (Å²) in [4.78, 5) is 2.05. The first-order valence-electron chi connectivity index (χ1n) is 5.83. The topological polar surface area (TPSA) is 39.1 Å². The zero-order valence-electron chi connectivity index (χ0n) is 10.8. The molecule has 4 heteroatoms. The third kappa shape index (κ3) is 3.49. The number of hydrogen-bond acceptors (Lipinski definition) is 3.